The number of carbonyl (C=O) groups is 1. The molecule has 0 bridgehead atoms. The molecule has 2 heteroatoms. The van der Waals surface area contributed by atoms with Crippen molar-refractivity contribution in [2.45, 2.75) is 6.92 Å². The Balaban J connectivity index is 2.99. The molecule has 0 radical (unpaired) electrons. The first-order valence-corrected chi connectivity index (χ1v) is 5.16. The second-order valence-electron chi connectivity index (χ2n) is 3.25. The first kappa shape index (κ1) is 9.41. The number of aryl methyl sites for hydroxylation is 1. The monoisotopic (exact) mass is 248 g/mol. The summed E-state index contributed by atoms with van der Waals surface area (Å²) in [4.78, 5) is 10.9. The summed E-state index contributed by atoms with van der Waals surface area (Å²) >= 11 is 3.48. The van der Waals surface area contributed by atoms with E-state index in [0.29, 0.717) is 0 Å². The van der Waals surface area contributed by atoms with E-state index in [0.717, 1.165) is 32.7 Å². The van der Waals surface area contributed by atoms with Gasteiger partial charge in [0.05, 0.1) is 0 Å². The number of rotatable bonds is 1. The summed E-state index contributed by atoms with van der Waals surface area (Å²) in [6, 6.07) is 9.77. The highest BCUT2D eigenvalue weighted by Crippen LogP contribution is 2.28. The van der Waals surface area contributed by atoms with Gasteiger partial charge in [-0.2, -0.15) is 0 Å². The van der Waals surface area contributed by atoms with Crippen LogP contribution in [0.3, 0.4) is 0 Å². The molecule has 0 saturated heterocycles. The highest BCUT2D eigenvalue weighted by atomic mass is 79.9. The van der Waals surface area contributed by atoms with Gasteiger partial charge in [0.1, 0.15) is 0 Å². The minimum atomic E-state index is 0.751. The molecule has 2 rings (SSSR count). The zero-order valence-electron chi connectivity index (χ0n) is 7.75. The van der Waals surface area contributed by atoms with Gasteiger partial charge in [-0.25, -0.2) is 0 Å². The van der Waals surface area contributed by atoms with E-state index >= 15 is 0 Å². The van der Waals surface area contributed by atoms with Crippen LogP contribution in [-0.4, -0.2) is 6.29 Å². The van der Waals surface area contributed by atoms with Crippen molar-refractivity contribution in [2.24, 2.45) is 0 Å². The van der Waals surface area contributed by atoms with Crippen molar-refractivity contribution in [1.29, 1.82) is 0 Å². The van der Waals surface area contributed by atoms with Gasteiger partial charge in [-0.3, -0.25) is 4.79 Å². The predicted molar refractivity (Wildman–Crippen MR) is 61.8 cm³/mol. The van der Waals surface area contributed by atoms with E-state index < -0.39 is 0 Å². The Bertz CT molecular complexity index is 503. The molecule has 0 saturated carbocycles. The number of fused-ring (bicyclic) bond motifs is 1. The zero-order chi connectivity index (χ0) is 10.1. The van der Waals surface area contributed by atoms with Crippen LogP contribution in [0, 0.1) is 6.92 Å². The van der Waals surface area contributed by atoms with Crippen LogP contribution in [0.2, 0.25) is 0 Å². The Labute approximate surface area is 90.9 Å². The number of hydrogen-bond donors (Lipinski definition) is 0. The fraction of sp³-hybridized carbons (Fsp3) is 0.0833. The van der Waals surface area contributed by atoms with E-state index in [-0.39, 0.29) is 0 Å². The van der Waals surface area contributed by atoms with Gasteiger partial charge >= 0.3 is 0 Å². The molecule has 70 valence electrons. The van der Waals surface area contributed by atoms with Gasteiger partial charge in [0, 0.05) is 10.0 Å². The van der Waals surface area contributed by atoms with Crippen molar-refractivity contribution in [3.63, 3.8) is 0 Å². The minimum Gasteiger partial charge on any atom is -0.298 e. The average molecular weight is 249 g/mol. The predicted octanol–water partition coefficient (Wildman–Crippen LogP) is 3.72. The summed E-state index contributed by atoms with van der Waals surface area (Å²) in [6.45, 7) is 2.02. The lowest BCUT2D eigenvalue weighted by Gasteiger charge is -2.06. The molecule has 0 unspecified atom stereocenters. The van der Waals surface area contributed by atoms with Gasteiger partial charge in [0.25, 0.3) is 0 Å². The van der Waals surface area contributed by atoms with Crippen LogP contribution in [0.15, 0.2) is 34.8 Å². The molecule has 0 N–H and O–H groups in total. The van der Waals surface area contributed by atoms with Crippen LogP contribution in [0.4, 0.5) is 0 Å². The number of carbonyl (C=O) groups excluding carboxylic acids is 1. The van der Waals surface area contributed by atoms with Crippen molar-refractivity contribution >= 4 is 33.0 Å². The Morgan fingerprint density at radius 3 is 2.71 bits per heavy atom. The van der Waals surface area contributed by atoms with Crippen molar-refractivity contribution in [2.75, 3.05) is 0 Å². The van der Waals surface area contributed by atoms with Crippen LogP contribution in [-0.2, 0) is 0 Å². The third-order valence-electron chi connectivity index (χ3n) is 2.35. The van der Waals surface area contributed by atoms with E-state index in [1.807, 2.05) is 37.3 Å². The normalized spacial score (nSPS) is 10.4. The molecule has 1 nitrogen and oxygen atoms in total. The zero-order valence-corrected chi connectivity index (χ0v) is 9.34. The van der Waals surface area contributed by atoms with Crippen LogP contribution in [0.5, 0.6) is 0 Å². The lowest BCUT2D eigenvalue weighted by atomic mass is 10.0. The molecule has 0 aromatic heterocycles. The number of halogens is 1. The molecule has 0 spiro atoms. The summed E-state index contributed by atoms with van der Waals surface area (Å²) in [6.07, 6.45) is 0.905. The maximum Gasteiger partial charge on any atom is 0.150 e. The van der Waals surface area contributed by atoms with E-state index in [2.05, 4.69) is 15.9 Å². The lowest BCUT2D eigenvalue weighted by molar-refractivity contribution is 0.112. The Hall–Kier alpha value is -1.15. The van der Waals surface area contributed by atoms with Gasteiger partial charge in [-0.05, 0) is 29.3 Å². The highest BCUT2D eigenvalue weighted by Gasteiger charge is 2.05. The first-order chi connectivity index (χ1) is 6.74. The van der Waals surface area contributed by atoms with Gasteiger partial charge in [0.15, 0.2) is 6.29 Å². The van der Waals surface area contributed by atoms with Gasteiger partial charge in [-0.1, -0.05) is 40.2 Å². The number of benzene rings is 2. The first-order valence-electron chi connectivity index (χ1n) is 4.37. The molecule has 2 aromatic carbocycles. The summed E-state index contributed by atoms with van der Waals surface area (Å²) < 4.78 is 1.03. The molecule has 0 atom stereocenters. The quantitative estimate of drug-likeness (QED) is 0.704. The summed E-state index contributed by atoms with van der Waals surface area (Å²) in [5.41, 5.74) is 1.88. The standard InChI is InChI=1S/C12H9BrO/c1-8-5-6-11(13)10-4-2-3-9(7-14)12(8)10/h2-7H,1H3. The average Bonchev–Trinajstić information content (AvgIpc) is 2.23. The van der Waals surface area contributed by atoms with Gasteiger partial charge < -0.3 is 0 Å². The van der Waals surface area contributed by atoms with Crippen LogP contribution >= 0.6 is 15.9 Å². The second kappa shape index (κ2) is 3.54. The molecule has 2 aromatic rings. The van der Waals surface area contributed by atoms with Crippen LogP contribution in [0.25, 0.3) is 10.8 Å². The summed E-state index contributed by atoms with van der Waals surface area (Å²) in [7, 11) is 0. The van der Waals surface area contributed by atoms with Crippen molar-refractivity contribution in [1.82, 2.24) is 0 Å². The second-order valence-corrected chi connectivity index (χ2v) is 4.11. The van der Waals surface area contributed by atoms with Crippen molar-refractivity contribution < 1.29 is 4.79 Å². The Morgan fingerprint density at radius 1 is 1.21 bits per heavy atom. The van der Waals surface area contributed by atoms with Crippen molar-refractivity contribution in [3.8, 4) is 0 Å². The van der Waals surface area contributed by atoms with Gasteiger partial charge in [-0.15, -0.1) is 0 Å². The minimum absolute atomic E-state index is 0.751. The van der Waals surface area contributed by atoms with Crippen LogP contribution in [0.1, 0.15) is 15.9 Å². The largest absolute Gasteiger partial charge is 0.298 e. The lowest BCUT2D eigenvalue weighted by Crippen LogP contribution is -1.87. The van der Waals surface area contributed by atoms with E-state index in [4.69, 9.17) is 0 Å². The molecule has 0 fully saturated rings. The SMILES string of the molecule is Cc1ccc(Br)c2cccc(C=O)c12. The van der Waals surface area contributed by atoms with Crippen molar-refractivity contribution in [3.05, 3.63) is 45.9 Å². The Morgan fingerprint density at radius 2 is 2.00 bits per heavy atom. The maximum atomic E-state index is 10.9. The van der Waals surface area contributed by atoms with E-state index in [1.165, 1.54) is 0 Å². The number of aldehydes is 1. The summed E-state index contributed by atoms with van der Waals surface area (Å²) in [5.74, 6) is 0. The van der Waals surface area contributed by atoms with E-state index in [1.54, 1.807) is 0 Å². The topological polar surface area (TPSA) is 17.1 Å². The molecule has 14 heavy (non-hydrogen) atoms. The number of hydrogen-bond acceptors (Lipinski definition) is 1. The van der Waals surface area contributed by atoms with E-state index in [9.17, 15) is 4.79 Å². The molecule has 0 aliphatic heterocycles. The Kier molecular flexibility index (Phi) is 2.38. The third kappa shape index (κ3) is 1.36. The fourth-order valence-corrected chi connectivity index (χ4v) is 2.14. The van der Waals surface area contributed by atoms with Crippen LogP contribution < -0.4 is 0 Å². The molecular weight excluding hydrogens is 240 g/mol. The van der Waals surface area contributed by atoms with Gasteiger partial charge in [0.2, 0.25) is 0 Å². The molecule has 0 aliphatic rings. The third-order valence-corrected chi connectivity index (χ3v) is 3.05. The summed E-state index contributed by atoms with van der Waals surface area (Å²) in [5, 5.41) is 2.13. The maximum absolute atomic E-state index is 10.9. The highest BCUT2D eigenvalue weighted by molar-refractivity contribution is 9.10. The molecular formula is C12H9BrO. The molecule has 0 heterocycles. The molecule has 0 amide bonds. The fourth-order valence-electron chi connectivity index (χ4n) is 1.68. The molecule has 0 aliphatic carbocycles. The smallest absolute Gasteiger partial charge is 0.150 e.